The fourth-order valence-electron chi connectivity index (χ4n) is 3.20. The number of benzene rings is 2. The van der Waals surface area contributed by atoms with Crippen molar-refractivity contribution in [3.05, 3.63) is 70.8 Å². The summed E-state index contributed by atoms with van der Waals surface area (Å²) in [6.07, 6.45) is 2.83. The molecule has 1 aliphatic carbocycles. The highest BCUT2D eigenvalue weighted by Crippen LogP contribution is 2.34. The molecule has 0 fully saturated rings. The molecule has 2 aromatic carbocycles. The van der Waals surface area contributed by atoms with E-state index in [4.69, 9.17) is 4.74 Å². The second-order valence-corrected chi connectivity index (χ2v) is 5.55. The molecule has 0 bridgehead atoms. The molecule has 0 heterocycles. The predicted molar refractivity (Wildman–Crippen MR) is 84.2 cm³/mol. The summed E-state index contributed by atoms with van der Waals surface area (Å²) in [6, 6.07) is 15.0. The second-order valence-electron chi connectivity index (χ2n) is 5.55. The minimum absolute atomic E-state index is 0.00755. The van der Waals surface area contributed by atoms with Crippen molar-refractivity contribution < 1.29 is 14.3 Å². The van der Waals surface area contributed by atoms with Gasteiger partial charge in [0, 0.05) is 11.5 Å². The van der Waals surface area contributed by atoms with Crippen molar-refractivity contribution in [1.29, 1.82) is 0 Å². The topological polar surface area (TPSA) is 43.4 Å². The lowest BCUT2D eigenvalue weighted by atomic mass is 9.78. The van der Waals surface area contributed by atoms with Crippen LogP contribution in [0.5, 0.6) is 0 Å². The number of fused-ring (bicyclic) bond motifs is 1. The van der Waals surface area contributed by atoms with Gasteiger partial charge in [0.1, 0.15) is 0 Å². The van der Waals surface area contributed by atoms with E-state index in [1.807, 2.05) is 18.2 Å². The molecular formula is C19H18O3. The molecule has 112 valence electrons. The normalized spacial score (nSPS) is 16.7. The number of Topliss-reactive ketones (excluding diaryl/α,β-unsaturated/α-hetero) is 1. The predicted octanol–water partition coefficient (Wildman–Crippen LogP) is 3.78. The van der Waals surface area contributed by atoms with Crippen LogP contribution in [0.2, 0.25) is 0 Å². The van der Waals surface area contributed by atoms with Crippen molar-refractivity contribution >= 4 is 11.8 Å². The van der Waals surface area contributed by atoms with Gasteiger partial charge in [-0.3, -0.25) is 4.79 Å². The van der Waals surface area contributed by atoms with Crippen LogP contribution in [0.15, 0.2) is 48.5 Å². The third kappa shape index (κ3) is 2.54. The largest absolute Gasteiger partial charge is 0.465 e. The molecule has 0 amide bonds. The van der Waals surface area contributed by atoms with E-state index in [1.165, 1.54) is 12.7 Å². The van der Waals surface area contributed by atoms with Crippen LogP contribution < -0.4 is 0 Å². The Morgan fingerprint density at radius 3 is 2.45 bits per heavy atom. The summed E-state index contributed by atoms with van der Waals surface area (Å²) in [4.78, 5) is 24.9. The van der Waals surface area contributed by atoms with E-state index in [1.54, 1.807) is 24.3 Å². The highest BCUT2D eigenvalue weighted by Gasteiger charge is 2.29. The van der Waals surface area contributed by atoms with E-state index >= 15 is 0 Å². The van der Waals surface area contributed by atoms with Crippen LogP contribution >= 0.6 is 0 Å². The van der Waals surface area contributed by atoms with Crippen LogP contribution in [-0.2, 0) is 11.2 Å². The van der Waals surface area contributed by atoms with Gasteiger partial charge < -0.3 is 4.74 Å². The molecule has 0 saturated carbocycles. The number of hydrogen-bond donors (Lipinski definition) is 0. The Labute approximate surface area is 129 Å². The van der Waals surface area contributed by atoms with Crippen molar-refractivity contribution in [3.8, 4) is 0 Å². The zero-order valence-electron chi connectivity index (χ0n) is 12.5. The minimum atomic E-state index is -0.465. The first-order valence-corrected chi connectivity index (χ1v) is 7.51. The summed E-state index contributed by atoms with van der Waals surface area (Å²) in [7, 11) is 1.33. The van der Waals surface area contributed by atoms with Gasteiger partial charge in [0.15, 0.2) is 5.78 Å². The van der Waals surface area contributed by atoms with E-state index in [0.717, 1.165) is 24.8 Å². The molecule has 22 heavy (non-hydrogen) atoms. The minimum Gasteiger partial charge on any atom is -0.465 e. The summed E-state index contributed by atoms with van der Waals surface area (Å²) in [5.41, 5.74) is 3.13. The first kappa shape index (κ1) is 14.5. The number of methoxy groups -OCH3 is 1. The molecule has 1 atom stereocenters. The van der Waals surface area contributed by atoms with Crippen LogP contribution in [0.25, 0.3) is 0 Å². The highest BCUT2D eigenvalue weighted by molar-refractivity contribution is 6.09. The molecule has 0 aliphatic heterocycles. The summed E-state index contributed by atoms with van der Waals surface area (Å²) in [6.45, 7) is 0. The third-order valence-corrected chi connectivity index (χ3v) is 4.28. The van der Waals surface area contributed by atoms with E-state index in [2.05, 4.69) is 6.07 Å². The smallest absolute Gasteiger partial charge is 0.338 e. The molecule has 0 spiro atoms. The van der Waals surface area contributed by atoms with Gasteiger partial charge in [0.25, 0.3) is 0 Å². The molecule has 3 heteroatoms. The molecule has 0 saturated heterocycles. The fourth-order valence-corrected chi connectivity index (χ4v) is 3.20. The maximum Gasteiger partial charge on any atom is 0.338 e. The van der Waals surface area contributed by atoms with Crippen LogP contribution in [0.3, 0.4) is 0 Å². The molecule has 0 N–H and O–H groups in total. The van der Waals surface area contributed by atoms with E-state index in [0.29, 0.717) is 11.1 Å². The van der Waals surface area contributed by atoms with Gasteiger partial charge in [-0.25, -0.2) is 4.79 Å². The third-order valence-electron chi connectivity index (χ3n) is 4.28. The number of ketones is 1. The zero-order chi connectivity index (χ0) is 15.5. The van der Waals surface area contributed by atoms with Crippen molar-refractivity contribution in [2.75, 3.05) is 7.11 Å². The van der Waals surface area contributed by atoms with Gasteiger partial charge >= 0.3 is 5.97 Å². The fraction of sp³-hybridized carbons (Fsp3) is 0.263. The van der Waals surface area contributed by atoms with Crippen molar-refractivity contribution in [3.63, 3.8) is 0 Å². The molecule has 1 unspecified atom stereocenters. The van der Waals surface area contributed by atoms with Gasteiger partial charge in [0.05, 0.1) is 12.7 Å². The molecule has 2 aromatic rings. The summed E-state index contributed by atoms with van der Waals surface area (Å²) in [5, 5.41) is 0. The van der Waals surface area contributed by atoms with Crippen LogP contribution in [0, 0.1) is 0 Å². The van der Waals surface area contributed by atoms with Crippen LogP contribution in [0.1, 0.15) is 50.6 Å². The van der Waals surface area contributed by atoms with Crippen molar-refractivity contribution in [2.45, 2.75) is 25.2 Å². The average Bonchev–Trinajstić information content (AvgIpc) is 2.60. The number of hydrogen-bond acceptors (Lipinski definition) is 3. The Morgan fingerprint density at radius 2 is 1.68 bits per heavy atom. The maximum absolute atomic E-state index is 13.0. The number of carbonyl (C=O) groups excluding carboxylic acids is 2. The molecular weight excluding hydrogens is 276 g/mol. The van der Waals surface area contributed by atoms with Gasteiger partial charge in [-0.05, 0) is 36.5 Å². The first-order valence-electron chi connectivity index (χ1n) is 7.51. The van der Waals surface area contributed by atoms with Gasteiger partial charge in [0.2, 0.25) is 0 Å². The van der Waals surface area contributed by atoms with Crippen LogP contribution in [0.4, 0.5) is 0 Å². The lowest BCUT2D eigenvalue weighted by molar-refractivity contribution is 0.0596. The average molecular weight is 294 g/mol. The molecule has 0 aromatic heterocycles. The van der Waals surface area contributed by atoms with E-state index in [-0.39, 0.29) is 11.7 Å². The number of rotatable bonds is 3. The summed E-state index contributed by atoms with van der Waals surface area (Å²) < 4.78 is 4.79. The van der Waals surface area contributed by atoms with E-state index in [9.17, 15) is 9.59 Å². The Balaban J connectivity index is 2.01. The molecule has 3 nitrogen and oxygen atoms in total. The van der Waals surface area contributed by atoms with Crippen molar-refractivity contribution in [2.24, 2.45) is 0 Å². The summed E-state index contributed by atoms with van der Waals surface area (Å²) in [5.74, 6) is -0.628. The highest BCUT2D eigenvalue weighted by atomic mass is 16.5. The summed E-state index contributed by atoms with van der Waals surface area (Å²) >= 11 is 0. The molecule has 0 radical (unpaired) electrons. The maximum atomic E-state index is 13.0. The number of carbonyl (C=O) groups is 2. The number of aryl methyl sites for hydroxylation is 1. The second kappa shape index (κ2) is 6.14. The zero-order valence-corrected chi connectivity index (χ0v) is 12.5. The Hall–Kier alpha value is -2.42. The van der Waals surface area contributed by atoms with Gasteiger partial charge in [-0.1, -0.05) is 42.5 Å². The molecule has 1 aliphatic rings. The standard InChI is InChI=1S/C19H18O3/c1-22-19(21)17-11-5-4-10-16(17)18(20)15-12-6-8-13-7-2-3-9-14(13)15/h2-5,7,9-11,15H,6,8,12H2,1H3. The van der Waals surface area contributed by atoms with Gasteiger partial charge in [-0.2, -0.15) is 0 Å². The Morgan fingerprint density at radius 1 is 1.00 bits per heavy atom. The molecule has 3 rings (SSSR count). The van der Waals surface area contributed by atoms with Crippen LogP contribution in [-0.4, -0.2) is 18.9 Å². The SMILES string of the molecule is COC(=O)c1ccccc1C(=O)C1CCCc2ccccc21. The monoisotopic (exact) mass is 294 g/mol. The van der Waals surface area contributed by atoms with Crippen molar-refractivity contribution in [1.82, 2.24) is 0 Å². The number of esters is 1. The number of ether oxygens (including phenoxy) is 1. The lowest BCUT2D eigenvalue weighted by Gasteiger charge is -2.25. The quantitative estimate of drug-likeness (QED) is 0.639. The Kier molecular flexibility index (Phi) is 4.05. The van der Waals surface area contributed by atoms with Gasteiger partial charge in [-0.15, -0.1) is 0 Å². The van der Waals surface area contributed by atoms with E-state index < -0.39 is 5.97 Å². The first-order chi connectivity index (χ1) is 10.7. The Bertz CT molecular complexity index is 718. The lowest BCUT2D eigenvalue weighted by Crippen LogP contribution is -2.21.